The van der Waals surface area contributed by atoms with Gasteiger partial charge in [-0.15, -0.1) is 0 Å². The van der Waals surface area contributed by atoms with Crippen LogP contribution in [0, 0.1) is 5.82 Å². The topological polar surface area (TPSA) is 46.2 Å². The normalized spacial score (nSPS) is 13.0. The minimum Gasteiger partial charge on any atom is -0.394 e. The van der Waals surface area contributed by atoms with Crippen LogP contribution in [0.15, 0.2) is 12.1 Å². The molecule has 3 N–H and O–H groups in total. The van der Waals surface area contributed by atoms with Gasteiger partial charge in [-0.1, -0.05) is 23.2 Å². The lowest BCUT2D eigenvalue weighted by Gasteiger charge is -2.12. The molecule has 1 rings (SSSR count). The number of benzene rings is 1. The van der Waals surface area contributed by atoms with Crippen molar-refractivity contribution in [2.24, 2.45) is 5.73 Å². The zero-order valence-corrected chi connectivity index (χ0v) is 8.11. The van der Waals surface area contributed by atoms with Gasteiger partial charge in [-0.25, -0.2) is 4.39 Å². The van der Waals surface area contributed by atoms with Crippen LogP contribution in [0.3, 0.4) is 0 Å². The van der Waals surface area contributed by atoms with Crippen LogP contribution in [0.5, 0.6) is 0 Å². The summed E-state index contributed by atoms with van der Waals surface area (Å²) in [5.41, 5.74) is 5.72. The number of aliphatic hydroxyl groups excluding tert-OH is 1. The minimum atomic E-state index is -0.754. The number of hydrogen-bond acceptors (Lipinski definition) is 2. The molecule has 0 saturated carbocycles. The molecule has 0 aromatic heterocycles. The molecule has 13 heavy (non-hydrogen) atoms. The molecule has 0 fully saturated rings. The van der Waals surface area contributed by atoms with E-state index in [-0.39, 0.29) is 22.2 Å². The maximum Gasteiger partial charge on any atom is 0.142 e. The van der Waals surface area contributed by atoms with Gasteiger partial charge in [0.25, 0.3) is 0 Å². The Hall–Kier alpha value is -0.350. The van der Waals surface area contributed by atoms with Crippen molar-refractivity contribution in [1.29, 1.82) is 0 Å². The average Bonchev–Trinajstić information content (AvgIpc) is 2.12. The third-order valence-electron chi connectivity index (χ3n) is 1.65. The van der Waals surface area contributed by atoms with E-state index in [0.717, 1.165) is 6.07 Å². The summed E-state index contributed by atoms with van der Waals surface area (Å²) in [6.45, 7) is -0.330. The number of hydrogen-bond donors (Lipinski definition) is 2. The summed E-state index contributed by atoms with van der Waals surface area (Å²) in [7, 11) is 0. The lowest BCUT2D eigenvalue weighted by Crippen LogP contribution is -2.15. The Labute approximate surface area is 85.1 Å². The minimum absolute atomic E-state index is 0.131. The molecule has 5 heteroatoms. The van der Waals surface area contributed by atoms with Gasteiger partial charge in [-0.3, -0.25) is 0 Å². The standard InChI is InChI=1S/C8H8Cl2FNO/c9-4-1-2-5(11)8(10)7(4)6(12)3-13/h1-2,6,13H,3,12H2/t6-/m0/s1. The van der Waals surface area contributed by atoms with Gasteiger partial charge in [0.2, 0.25) is 0 Å². The fraction of sp³-hybridized carbons (Fsp3) is 0.250. The molecule has 1 aromatic carbocycles. The summed E-state index contributed by atoms with van der Waals surface area (Å²) in [4.78, 5) is 0. The number of nitrogens with two attached hydrogens (primary N) is 1. The van der Waals surface area contributed by atoms with Crippen LogP contribution in [0.25, 0.3) is 0 Å². The van der Waals surface area contributed by atoms with Crippen molar-refractivity contribution in [3.05, 3.63) is 33.6 Å². The predicted octanol–water partition coefficient (Wildman–Crippen LogP) is 2.12. The monoisotopic (exact) mass is 223 g/mol. The Morgan fingerprint density at radius 2 is 2.08 bits per heavy atom. The van der Waals surface area contributed by atoms with E-state index in [1.54, 1.807) is 0 Å². The molecule has 0 amide bonds. The van der Waals surface area contributed by atoms with Crippen molar-refractivity contribution in [2.45, 2.75) is 6.04 Å². The van der Waals surface area contributed by atoms with E-state index < -0.39 is 11.9 Å². The van der Waals surface area contributed by atoms with Gasteiger partial charge in [0.1, 0.15) is 5.82 Å². The quantitative estimate of drug-likeness (QED) is 0.755. The summed E-state index contributed by atoms with van der Waals surface area (Å²) in [6, 6.07) is 1.75. The Kier molecular flexibility index (Phi) is 3.50. The Balaban J connectivity index is 3.25. The van der Waals surface area contributed by atoms with Crippen LogP contribution in [0.1, 0.15) is 11.6 Å². The molecule has 0 spiro atoms. The van der Waals surface area contributed by atoms with Gasteiger partial charge < -0.3 is 10.8 Å². The fourth-order valence-electron chi connectivity index (χ4n) is 0.974. The second kappa shape index (κ2) is 4.24. The van der Waals surface area contributed by atoms with Crippen molar-refractivity contribution in [2.75, 3.05) is 6.61 Å². The highest BCUT2D eigenvalue weighted by Crippen LogP contribution is 2.30. The van der Waals surface area contributed by atoms with Gasteiger partial charge in [0, 0.05) is 10.6 Å². The molecule has 0 aliphatic heterocycles. The number of aliphatic hydroxyl groups is 1. The zero-order valence-electron chi connectivity index (χ0n) is 6.60. The van der Waals surface area contributed by atoms with Crippen LogP contribution in [-0.2, 0) is 0 Å². The van der Waals surface area contributed by atoms with Crippen LogP contribution in [0.2, 0.25) is 10.0 Å². The van der Waals surface area contributed by atoms with Crippen LogP contribution < -0.4 is 5.73 Å². The predicted molar refractivity (Wildman–Crippen MR) is 50.4 cm³/mol. The molecule has 2 nitrogen and oxygen atoms in total. The molecule has 1 atom stereocenters. The van der Waals surface area contributed by atoms with Gasteiger partial charge in [0.05, 0.1) is 17.7 Å². The molecule has 0 saturated heterocycles. The third kappa shape index (κ3) is 2.11. The summed E-state index contributed by atoms with van der Waals surface area (Å²) < 4.78 is 12.9. The van der Waals surface area contributed by atoms with Crippen molar-refractivity contribution in [3.8, 4) is 0 Å². The van der Waals surface area contributed by atoms with Gasteiger partial charge in [-0.2, -0.15) is 0 Å². The van der Waals surface area contributed by atoms with Gasteiger partial charge in [0.15, 0.2) is 0 Å². The van der Waals surface area contributed by atoms with Crippen LogP contribution >= 0.6 is 23.2 Å². The van der Waals surface area contributed by atoms with E-state index in [4.69, 9.17) is 34.0 Å². The first-order valence-electron chi connectivity index (χ1n) is 3.57. The Bertz CT molecular complexity index is 319. The molecule has 1 aromatic rings. The van der Waals surface area contributed by atoms with Gasteiger partial charge >= 0.3 is 0 Å². The fourth-order valence-corrected chi connectivity index (χ4v) is 1.62. The second-order valence-corrected chi connectivity index (χ2v) is 3.33. The molecule has 0 radical (unpaired) electrons. The maximum atomic E-state index is 12.9. The second-order valence-electron chi connectivity index (χ2n) is 2.55. The lowest BCUT2D eigenvalue weighted by atomic mass is 10.1. The van der Waals surface area contributed by atoms with Crippen molar-refractivity contribution in [1.82, 2.24) is 0 Å². The Morgan fingerprint density at radius 1 is 1.46 bits per heavy atom. The Morgan fingerprint density at radius 3 is 2.62 bits per heavy atom. The highest BCUT2D eigenvalue weighted by molar-refractivity contribution is 6.36. The molecule has 0 aliphatic rings. The van der Waals surface area contributed by atoms with E-state index >= 15 is 0 Å². The highest BCUT2D eigenvalue weighted by Gasteiger charge is 2.16. The number of halogens is 3. The lowest BCUT2D eigenvalue weighted by molar-refractivity contribution is 0.268. The first kappa shape index (κ1) is 10.7. The SMILES string of the molecule is N[C@@H](CO)c1c(Cl)ccc(F)c1Cl. The first-order chi connectivity index (χ1) is 6.07. The van der Waals surface area contributed by atoms with E-state index in [1.807, 2.05) is 0 Å². The summed E-state index contributed by atoms with van der Waals surface area (Å²) >= 11 is 11.4. The molecule has 0 heterocycles. The van der Waals surface area contributed by atoms with E-state index in [1.165, 1.54) is 6.07 Å². The average molecular weight is 224 g/mol. The zero-order chi connectivity index (χ0) is 10.0. The molecule has 0 bridgehead atoms. The highest BCUT2D eigenvalue weighted by atomic mass is 35.5. The van der Waals surface area contributed by atoms with Crippen LogP contribution in [0.4, 0.5) is 4.39 Å². The molecule has 0 aliphatic carbocycles. The molecular formula is C8H8Cl2FNO. The third-order valence-corrected chi connectivity index (χ3v) is 2.36. The summed E-state index contributed by atoms with van der Waals surface area (Å²) in [5, 5.41) is 8.89. The maximum absolute atomic E-state index is 12.9. The largest absolute Gasteiger partial charge is 0.394 e. The molecule has 72 valence electrons. The van der Waals surface area contributed by atoms with Crippen molar-refractivity contribution in [3.63, 3.8) is 0 Å². The van der Waals surface area contributed by atoms with Gasteiger partial charge in [-0.05, 0) is 12.1 Å². The summed E-state index contributed by atoms with van der Waals surface area (Å²) in [6.07, 6.45) is 0. The van der Waals surface area contributed by atoms with Crippen LogP contribution in [-0.4, -0.2) is 11.7 Å². The van der Waals surface area contributed by atoms with Crippen molar-refractivity contribution >= 4 is 23.2 Å². The van der Waals surface area contributed by atoms with E-state index in [9.17, 15) is 4.39 Å². The van der Waals surface area contributed by atoms with E-state index in [0.29, 0.717) is 0 Å². The first-order valence-corrected chi connectivity index (χ1v) is 4.33. The number of rotatable bonds is 2. The molecule has 0 unspecified atom stereocenters. The smallest absolute Gasteiger partial charge is 0.142 e. The molecular weight excluding hydrogens is 216 g/mol. The van der Waals surface area contributed by atoms with Crippen molar-refractivity contribution < 1.29 is 9.50 Å². The van der Waals surface area contributed by atoms with E-state index in [2.05, 4.69) is 0 Å². The summed E-state index contributed by atoms with van der Waals surface area (Å²) in [5.74, 6) is -0.593.